The van der Waals surface area contributed by atoms with Gasteiger partial charge in [-0.1, -0.05) is 0 Å². The van der Waals surface area contributed by atoms with Gasteiger partial charge in [0.1, 0.15) is 11.5 Å². The zero-order chi connectivity index (χ0) is 9.14. The van der Waals surface area contributed by atoms with Gasteiger partial charge >= 0.3 is 0 Å². The summed E-state index contributed by atoms with van der Waals surface area (Å²) in [5.41, 5.74) is 0.457. The standard InChI is InChI=1S/C7H9O4P/c8-6-1-5(4-12(10)11)2-7(9)3-6/h1-3,8-9,12H,4H2,(H,10,11). The summed E-state index contributed by atoms with van der Waals surface area (Å²) >= 11 is 0. The molecule has 4 nitrogen and oxygen atoms in total. The van der Waals surface area contributed by atoms with E-state index in [1.807, 2.05) is 0 Å². The number of hydrogen-bond donors (Lipinski definition) is 3. The Kier molecular flexibility index (Phi) is 2.74. The molecular formula is C7H9O4P. The molecule has 0 amide bonds. The van der Waals surface area contributed by atoms with E-state index in [0.717, 1.165) is 6.07 Å². The summed E-state index contributed by atoms with van der Waals surface area (Å²) in [4.78, 5) is 8.57. The SMILES string of the molecule is O=[PH](O)Cc1cc(O)cc(O)c1. The predicted octanol–water partition coefficient (Wildman–Crippen LogP) is 1.06. The van der Waals surface area contributed by atoms with Gasteiger partial charge in [0.25, 0.3) is 0 Å². The fourth-order valence-electron chi connectivity index (χ4n) is 0.933. The quantitative estimate of drug-likeness (QED) is 0.606. The summed E-state index contributed by atoms with van der Waals surface area (Å²) in [5, 5.41) is 17.9. The lowest BCUT2D eigenvalue weighted by Gasteiger charge is -2.00. The first-order chi connectivity index (χ1) is 5.58. The van der Waals surface area contributed by atoms with Gasteiger partial charge in [-0.3, -0.25) is 4.57 Å². The molecule has 1 aromatic carbocycles. The second-order valence-electron chi connectivity index (χ2n) is 2.43. The molecule has 5 heteroatoms. The highest BCUT2D eigenvalue weighted by atomic mass is 31.1. The van der Waals surface area contributed by atoms with E-state index < -0.39 is 8.03 Å². The summed E-state index contributed by atoms with van der Waals surface area (Å²) < 4.78 is 10.4. The topological polar surface area (TPSA) is 77.8 Å². The van der Waals surface area contributed by atoms with Crippen LogP contribution in [0.5, 0.6) is 11.5 Å². The summed E-state index contributed by atoms with van der Waals surface area (Å²) in [5.74, 6) is -0.207. The Morgan fingerprint density at radius 1 is 1.17 bits per heavy atom. The van der Waals surface area contributed by atoms with Crippen LogP contribution < -0.4 is 0 Å². The van der Waals surface area contributed by atoms with Crippen molar-refractivity contribution in [2.45, 2.75) is 6.16 Å². The predicted molar refractivity (Wildman–Crippen MR) is 44.7 cm³/mol. The number of phenolic OH excluding ortho intramolecular Hbond substituents is 2. The molecule has 0 aliphatic carbocycles. The van der Waals surface area contributed by atoms with Crippen molar-refractivity contribution in [2.75, 3.05) is 0 Å². The Morgan fingerprint density at radius 3 is 2.08 bits per heavy atom. The highest BCUT2D eigenvalue weighted by Crippen LogP contribution is 2.27. The fraction of sp³-hybridized carbons (Fsp3) is 0.143. The van der Waals surface area contributed by atoms with E-state index in [1.165, 1.54) is 12.1 Å². The molecule has 1 aromatic rings. The minimum atomic E-state index is -2.59. The van der Waals surface area contributed by atoms with Crippen molar-refractivity contribution < 1.29 is 19.7 Å². The van der Waals surface area contributed by atoms with E-state index in [-0.39, 0.29) is 17.7 Å². The second kappa shape index (κ2) is 3.61. The first-order valence-electron chi connectivity index (χ1n) is 3.31. The first-order valence-corrected chi connectivity index (χ1v) is 4.88. The lowest BCUT2D eigenvalue weighted by molar-refractivity contribution is 0.449. The van der Waals surface area contributed by atoms with Crippen LogP contribution in [0, 0.1) is 0 Å². The van der Waals surface area contributed by atoms with Crippen LogP contribution in [0.15, 0.2) is 18.2 Å². The van der Waals surface area contributed by atoms with Crippen molar-refractivity contribution in [3.63, 3.8) is 0 Å². The van der Waals surface area contributed by atoms with Gasteiger partial charge in [0.05, 0.1) is 0 Å². The molecule has 1 unspecified atom stereocenters. The summed E-state index contributed by atoms with van der Waals surface area (Å²) in [6.07, 6.45) is -0.0212. The highest BCUT2D eigenvalue weighted by Gasteiger charge is 2.01. The molecule has 0 spiro atoms. The van der Waals surface area contributed by atoms with Gasteiger partial charge in [0.2, 0.25) is 0 Å². The average Bonchev–Trinajstić information content (AvgIpc) is 1.81. The molecule has 1 atom stereocenters. The summed E-state index contributed by atoms with van der Waals surface area (Å²) in [6, 6.07) is 3.86. The fourth-order valence-corrected chi connectivity index (χ4v) is 1.49. The third-order valence-electron chi connectivity index (χ3n) is 1.32. The summed E-state index contributed by atoms with van der Waals surface area (Å²) in [6.45, 7) is 0. The van der Waals surface area contributed by atoms with E-state index in [1.54, 1.807) is 0 Å². The van der Waals surface area contributed by atoms with Crippen LogP contribution in [0.1, 0.15) is 5.56 Å². The smallest absolute Gasteiger partial charge is 0.193 e. The Bertz CT molecular complexity index is 290. The van der Waals surface area contributed by atoms with Crippen LogP contribution in [-0.4, -0.2) is 15.1 Å². The van der Waals surface area contributed by atoms with E-state index in [9.17, 15) is 4.57 Å². The van der Waals surface area contributed by atoms with Gasteiger partial charge < -0.3 is 15.1 Å². The molecule has 0 fully saturated rings. The number of aromatic hydroxyl groups is 2. The Labute approximate surface area is 70.0 Å². The molecule has 0 saturated carbocycles. The van der Waals surface area contributed by atoms with Gasteiger partial charge in [0, 0.05) is 12.2 Å². The van der Waals surface area contributed by atoms with E-state index in [0.29, 0.717) is 5.56 Å². The van der Waals surface area contributed by atoms with Crippen LogP contribution in [0.2, 0.25) is 0 Å². The summed E-state index contributed by atoms with van der Waals surface area (Å²) in [7, 11) is -2.59. The molecular weight excluding hydrogens is 179 g/mol. The number of hydrogen-bond acceptors (Lipinski definition) is 3. The van der Waals surface area contributed by atoms with Crippen molar-refractivity contribution >= 4 is 8.03 Å². The van der Waals surface area contributed by atoms with Crippen molar-refractivity contribution in [1.29, 1.82) is 0 Å². The van der Waals surface area contributed by atoms with Crippen molar-refractivity contribution in [3.8, 4) is 11.5 Å². The Morgan fingerprint density at radius 2 is 1.67 bits per heavy atom. The monoisotopic (exact) mass is 188 g/mol. The zero-order valence-corrected chi connectivity index (χ0v) is 7.19. The third kappa shape index (κ3) is 2.57. The lowest BCUT2D eigenvalue weighted by atomic mass is 10.2. The largest absolute Gasteiger partial charge is 0.508 e. The lowest BCUT2D eigenvalue weighted by Crippen LogP contribution is -1.79. The molecule has 1 rings (SSSR count). The van der Waals surface area contributed by atoms with Gasteiger partial charge in [0.15, 0.2) is 8.03 Å². The van der Waals surface area contributed by atoms with Gasteiger partial charge in [-0.25, -0.2) is 0 Å². The number of rotatable bonds is 2. The second-order valence-corrected chi connectivity index (χ2v) is 3.57. The van der Waals surface area contributed by atoms with E-state index >= 15 is 0 Å². The van der Waals surface area contributed by atoms with Gasteiger partial charge in [-0.2, -0.15) is 0 Å². The number of phenols is 2. The molecule has 0 aromatic heterocycles. The number of benzene rings is 1. The van der Waals surface area contributed by atoms with Gasteiger partial charge in [-0.15, -0.1) is 0 Å². The van der Waals surface area contributed by atoms with Crippen LogP contribution in [0.25, 0.3) is 0 Å². The Balaban J connectivity index is 2.93. The van der Waals surface area contributed by atoms with Crippen LogP contribution >= 0.6 is 8.03 Å². The molecule has 3 N–H and O–H groups in total. The molecule has 0 saturated heterocycles. The molecule has 0 bridgehead atoms. The maximum Gasteiger partial charge on any atom is 0.193 e. The van der Waals surface area contributed by atoms with Crippen LogP contribution in [-0.2, 0) is 10.7 Å². The maximum atomic E-state index is 10.4. The maximum absolute atomic E-state index is 10.4. The molecule has 66 valence electrons. The molecule has 0 radical (unpaired) electrons. The molecule has 0 aliphatic rings. The van der Waals surface area contributed by atoms with E-state index in [4.69, 9.17) is 15.1 Å². The first kappa shape index (κ1) is 9.10. The van der Waals surface area contributed by atoms with Crippen molar-refractivity contribution in [1.82, 2.24) is 0 Å². The van der Waals surface area contributed by atoms with Crippen molar-refractivity contribution in [2.24, 2.45) is 0 Å². The van der Waals surface area contributed by atoms with Crippen molar-refractivity contribution in [3.05, 3.63) is 23.8 Å². The normalized spacial score (nSPS) is 12.8. The average molecular weight is 188 g/mol. The minimum Gasteiger partial charge on any atom is -0.508 e. The molecule has 12 heavy (non-hydrogen) atoms. The van der Waals surface area contributed by atoms with Gasteiger partial charge in [-0.05, 0) is 17.7 Å². The van der Waals surface area contributed by atoms with Crippen LogP contribution in [0.4, 0.5) is 0 Å². The molecule has 0 heterocycles. The highest BCUT2D eigenvalue weighted by molar-refractivity contribution is 7.37. The minimum absolute atomic E-state index is 0.0212. The Hall–Kier alpha value is -0.990. The van der Waals surface area contributed by atoms with E-state index in [2.05, 4.69) is 0 Å². The zero-order valence-electron chi connectivity index (χ0n) is 6.19. The third-order valence-corrected chi connectivity index (χ3v) is 2.03. The molecule has 0 aliphatic heterocycles. The van der Waals surface area contributed by atoms with Crippen LogP contribution in [0.3, 0.4) is 0 Å².